The van der Waals surface area contributed by atoms with Crippen molar-refractivity contribution in [3.8, 4) is 11.5 Å². The quantitative estimate of drug-likeness (QED) is 0.210. The number of esters is 1. The van der Waals surface area contributed by atoms with Crippen LogP contribution in [0.3, 0.4) is 0 Å². The van der Waals surface area contributed by atoms with E-state index in [1.165, 1.54) is 31.4 Å². The Morgan fingerprint density at radius 3 is 2.74 bits per heavy atom. The molecule has 8 nitrogen and oxygen atoms in total. The smallest absolute Gasteiger partial charge is 0.363 e. The Hall–Kier alpha value is -2.91. The lowest BCUT2D eigenvalue weighted by molar-refractivity contribution is -0.384. The van der Waals surface area contributed by atoms with Gasteiger partial charge in [0.15, 0.2) is 17.2 Å². The number of rotatable bonds is 7. The van der Waals surface area contributed by atoms with Gasteiger partial charge in [0.25, 0.3) is 5.69 Å². The van der Waals surface area contributed by atoms with Crippen molar-refractivity contribution in [1.82, 2.24) is 0 Å². The summed E-state index contributed by atoms with van der Waals surface area (Å²) >= 11 is 9.31. The molecule has 1 unspecified atom stereocenters. The first kappa shape index (κ1) is 22.8. The predicted molar refractivity (Wildman–Crippen MR) is 120 cm³/mol. The second kappa shape index (κ2) is 9.49. The minimum Gasteiger partial charge on any atom is -0.493 e. The van der Waals surface area contributed by atoms with Crippen LogP contribution in [0.15, 0.2) is 45.5 Å². The van der Waals surface area contributed by atoms with Crippen LogP contribution in [-0.2, 0) is 9.53 Å². The maximum absolute atomic E-state index is 12.3. The van der Waals surface area contributed by atoms with Gasteiger partial charge in [-0.25, -0.2) is 9.79 Å². The third kappa shape index (κ3) is 5.05. The van der Waals surface area contributed by atoms with Crippen LogP contribution in [0.4, 0.5) is 5.69 Å². The highest BCUT2D eigenvalue weighted by atomic mass is 79.9. The lowest BCUT2D eigenvalue weighted by Crippen LogP contribution is -2.11. The summed E-state index contributed by atoms with van der Waals surface area (Å²) in [6.45, 7) is 3.97. The molecule has 0 radical (unpaired) electrons. The van der Waals surface area contributed by atoms with Crippen LogP contribution in [0.1, 0.15) is 31.4 Å². The van der Waals surface area contributed by atoms with Crippen molar-refractivity contribution in [1.29, 1.82) is 0 Å². The van der Waals surface area contributed by atoms with Crippen molar-refractivity contribution < 1.29 is 23.9 Å². The number of benzene rings is 2. The molecule has 0 spiro atoms. The molecule has 0 saturated carbocycles. The summed E-state index contributed by atoms with van der Waals surface area (Å²) in [7, 11) is 1.52. The summed E-state index contributed by atoms with van der Waals surface area (Å²) in [6.07, 6.45) is 2.35. The van der Waals surface area contributed by atoms with Gasteiger partial charge in [-0.3, -0.25) is 10.1 Å². The van der Waals surface area contributed by atoms with E-state index < -0.39 is 10.9 Å². The van der Waals surface area contributed by atoms with Gasteiger partial charge in [-0.1, -0.05) is 18.5 Å². The molecule has 2 aromatic carbocycles. The predicted octanol–water partition coefficient (Wildman–Crippen LogP) is 5.54. The van der Waals surface area contributed by atoms with E-state index in [0.29, 0.717) is 21.5 Å². The van der Waals surface area contributed by atoms with Crippen LogP contribution in [0.25, 0.3) is 6.08 Å². The third-order valence-electron chi connectivity index (χ3n) is 4.46. The van der Waals surface area contributed by atoms with Gasteiger partial charge in [-0.05, 0) is 65.2 Å². The van der Waals surface area contributed by atoms with Gasteiger partial charge in [0.05, 0.1) is 22.6 Å². The van der Waals surface area contributed by atoms with Crippen LogP contribution in [0.2, 0.25) is 5.02 Å². The molecule has 0 amide bonds. The number of carbonyl (C=O) groups excluding carboxylic acids is 1. The van der Waals surface area contributed by atoms with Gasteiger partial charge in [0.2, 0.25) is 5.90 Å². The number of cyclic esters (lactones) is 1. The number of carbonyl (C=O) groups is 1. The normalized spacial score (nSPS) is 15.5. The Bertz CT molecular complexity index is 1120. The second-order valence-electron chi connectivity index (χ2n) is 6.63. The molecule has 1 heterocycles. The molecule has 0 saturated heterocycles. The number of hydrogen-bond donors (Lipinski definition) is 0. The third-order valence-corrected chi connectivity index (χ3v) is 5.37. The number of aliphatic imine (C=N–C) groups is 1. The minimum atomic E-state index is -0.678. The molecular weight excluding hydrogens is 492 g/mol. The van der Waals surface area contributed by atoms with Gasteiger partial charge < -0.3 is 14.2 Å². The summed E-state index contributed by atoms with van der Waals surface area (Å²) in [4.78, 5) is 27.0. The maximum Gasteiger partial charge on any atom is 0.363 e. The van der Waals surface area contributed by atoms with Crippen LogP contribution < -0.4 is 9.47 Å². The Kier molecular flexibility index (Phi) is 6.97. The molecule has 1 aliphatic heterocycles. The summed E-state index contributed by atoms with van der Waals surface area (Å²) in [6, 6.07) is 7.53. The number of nitro groups is 1. The monoisotopic (exact) mass is 508 g/mol. The van der Waals surface area contributed by atoms with Crippen LogP contribution in [0.5, 0.6) is 11.5 Å². The van der Waals surface area contributed by atoms with Gasteiger partial charge >= 0.3 is 5.97 Å². The lowest BCUT2D eigenvalue weighted by atomic mass is 10.1. The summed E-state index contributed by atoms with van der Waals surface area (Å²) in [5.74, 6) is 0.331. The SMILES string of the molecule is CCC(C)Oc1c(Br)cc(/C=C2\N=C(c3ccc(Cl)c([N+](=O)[O-])c3)OC2=O)cc1OC. The first-order chi connectivity index (χ1) is 14.7. The van der Waals surface area contributed by atoms with Crippen LogP contribution >= 0.6 is 27.5 Å². The van der Waals surface area contributed by atoms with E-state index in [-0.39, 0.29) is 34.0 Å². The number of ether oxygens (including phenoxy) is 3. The lowest BCUT2D eigenvalue weighted by Gasteiger charge is -2.17. The average Bonchev–Trinajstić information content (AvgIpc) is 3.09. The van der Waals surface area contributed by atoms with Crippen molar-refractivity contribution in [3.05, 3.63) is 66.8 Å². The highest BCUT2D eigenvalue weighted by Gasteiger charge is 2.26. The Morgan fingerprint density at radius 1 is 1.35 bits per heavy atom. The van der Waals surface area contributed by atoms with Crippen molar-refractivity contribution in [2.45, 2.75) is 26.4 Å². The molecule has 162 valence electrons. The number of methoxy groups -OCH3 is 1. The largest absolute Gasteiger partial charge is 0.493 e. The topological polar surface area (TPSA) is 100 Å². The van der Waals surface area contributed by atoms with E-state index in [4.69, 9.17) is 25.8 Å². The molecular formula is C21H18BrClN2O6. The van der Waals surface area contributed by atoms with E-state index >= 15 is 0 Å². The van der Waals surface area contributed by atoms with E-state index in [1.54, 1.807) is 12.1 Å². The molecule has 0 fully saturated rings. The molecule has 0 N–H and O–H groups in total. The van der Waals surface area contributed by atoms with Crippen LogP contribution in [-0.4, -0.2) is 30.0 Å². The van der Waals surface area contributed by atoms with Crippen LogP contribution in [0, 0.1) is 10.1 Å². The first-order valence-electron chi connectivity index (χ1n) is 9.24. The molecule has 3 rings (SSSR count). The molecule has 2 aromatic rings. The zero-order chi connectivity index (χ0) is 22.7. The fourth-order valence-corrected chi connectivity index (χ4v) is 3.44. The molecule has 0 bridgehead atoms. The number of hydrogen-bond acceptors (Lipinski definition) is 7. The fraction of sp³-hybridized carbons (Fsp3) is 0.238. The number of halogens is 2. The van der Waals surface area contributed by atoms with Gasteiger partial charge in [0, 0.05) is 11.6 Å². The maximum atomic E-state index is 12.3. The van der Waals surface area contributed by atoms with Crippen molar-refractivity contribution >= 4 is 51.2 Å². The van der Waals surface area contributed by atoms with Crippen molar-refractivity contribution in [2.24, 2.45) is 4.99 Å². The summed E-state index contributed by atoms with van der Waals surface area (Å²) < 4.78 is 17.2. The zero-order valence-electron chi connectivity index (χ0n) is 16.8. The molecule has 10 heteroatoms. The number of nitro benzene ring substituents is 1. The van der Waals surface area contributed by atoms with E-state index in [1.807, 2.05) is 13.8 Å². The summed E-state index contributed by atoms with van der Waals surface area (Å²) in [5.41, 5.74) is 0.626. The zero-order valence-corrected chi connectivity index (χ0v) is 19.2. The van der Waals surface area contributed by atoms with Gasteiger partial charge in [-0.15, -0.1) is 0 Å². The van der Waals surface area contributed by atoms with Crippen molar-refractivity contribution in [2.75, 3.05) is 7.11 Å². The first-order valence-corrected chi connectivity index (χ1v) is 10.4. The Labute approximate surface area is 191 Å². The van der Waals surface area contributed by atoms with E-state index in [2.05, 4.69) is 20.9 Å². The highest BCUT2D eigenvalue weighted by molar-refractivity contribution is 9.10. The molecule has 31 heavy (non-hydrogen) atoms. The van der Waals surface area contributed by atoms with Crippen molar-refractivity contribution in [3.63, 3.8) is 0 Å². The minimum absolute atomic E-state index is 0.00481. The highest BCUT2D eigenvalue weighted by Crippen LogP contribution is 2.38. The Morgan fingerprint density at radius 2 is 2.10 bits per heavy atom. The van der Waals surface area contributed by atoms with Gasteiger partial charge in [0.1, 0.15) is 5.02 Å². The standard InChI is InChI=1S/C21H18BrClN2O6/c1-4-11(2)30-19-14(22)7-12(9-18(19)29-3)8-16-21(26)31-20(24-16)13-5-6-15(23)17(10-13)25(27)28/h5-11H,4H2,1-3H3/b16-8-. The molecule has 1 aliphatic rings. The van der Waals surface area contributed by atoms with Gasteiger partial charge in [-0.2, -0.15) is 0 Å². The molecule has 0 aliphatic carbocycles. The molecule has 0 aromatic heterocycles. The average molecular weight is 510 g/mol. The van der Waals surface area contributed by atoms with E-state index in [0.717, 1.165) is 6.42 Å². The summed E-state index contributed by atoms with van der Waals surface area (Å²) in [5, 5.41) is 11.1. The number of nitrogens with zero attached hydrogens (tertiary/aromatic N) is 2. The fourth-order valence-electron chi connectivity index (χ4n) is 2.70. The molecule has 1 atom stereocenters. The van der Waals surface area contributed by atoms with E-state index in [9.17, 15) is 14.9 Å². The Balaban J connectivity index is 1.96. The second-order valence-corrected chi connectivity index (χ2v) is 7.89.